The Hall–Kier alpha value is -1.59. The van der Waals surface area contributed by atoms with E-state index in [1.54, 1.807) is 11.6 Å². The van der Waals surface area contributed by atoms with Crippen LogP contribution in [-0.4, -0.2) is 20.5 Å². The Morgan fingerprint density at radius 2 is 2.29 bits per heavy atom. The van der Waals surface area contributed by atoms with E-state index in [-0.39, 0.29) is 11.9 Å². The molecule has 1 heterocycles. The van der Waals surface area contributed by atoms with Gasteiger partial charge in [-0.2, -0.15) is 0 Å². The number of imidazole rings is 1. The van der Waals surface area contributed by atoms with Crippen molar-refractivity contribution in [3.8, 4) is 0 Å². The Morgan fingerprint density at radius 1 is 1.59 bits per heavy atom. The lowest BCUT2D eigenvalue weighted by Gasteiger charge is -2.14. The van der Waals surface area contributed by atoms with Crippen LogP contribution in [0.3, 0.4) is 0 Å². The number of unbranched alkanes of at least 4 members (excludes halogenated alkanes) is 2. The van der Waals surface area contributed by atoms with Crippen LogP contribution in [0.25, 0.3) is 0 Å². The molecule has 0 radical (unpaired) electrons. The smallest absolute Gasteiger partial charge is 0.362 e. The highest BCUT2D eigenvalue weighted by Crippen LogP contribution is 2.22. The maximum atomic E-state index is 10.8. The second-order valence-corrected chi connectivity index (χ2v) is 4.33. The summed E-state index contributed by atoms with van der Waals surface area (Å²) in [5, 5.41) is 13.9. The van der Waals surface area contributed by atoms with Crippen LogP contribution < -0.4 is 5.32 Å². The molecule has 0 spiro atoms. The maximum absolute atomic E-state index is 10.8. The number of anilines is 1. The molecule has 0 aliphatic heterocycles. The molecule has 6 heteroatoms. The molecular weight excluding hydrogens is 220 g/mol. The van der Waals surface area contributed by atoms with E-state index >= 15 is 0 Å². The van der Waals surface area contributed by atoms with Gasteiger partial charge in [0.25, 0.3) is 0 Å². The lowest BCUT2D eigenvalue weighted by molar-refractivity contribution is -0.388. The van der Waals surface area contributed by atoms with Gasteiger partial charge in [0.1, 0.15) is 0 Å². The average molecular weight is 240 g/mol. The van der Waals surface area contributed by atoms with Crippen molar-refractivity contribution in [1.82, 2.24) is 9.55 Å². The molecule has 0 aliphatic rings. The first kappa shape index (κ1) is 13.5. The molecule has 0 saturated carbocycles. The predicted octanol–water partition coefficient (Wildman–Crippen LogP) is 2.71. The minimum absolute atomic E-state index is 0.102. The van der Waals surface area contributed by atoms with Crippen LogP contribution in [0, 0.1) is 10.1 Å². The van der Waals surface area contributed by atoms with E-state index in [1.165, 1.54) is 19.2 Å². The molecule has 17 heavy (non-hydrogen) atoms. The fourth-order valence-corrected chi connectivity index (χ4v) is 1.72. The lowest BCUT2D eigenvalue weighted by Crippen LogP contribution is -2.17. The van der Waals surface area contributed by atoms with E-state index in [4.69, 9.17) is 0 Å². The molecule has 0 aliphatic carbocycles. The molecule has 0 aromatic carbocycles. The summed E-state index contributed by atoms with van der Waals surface area (Å²) in [5.74, 6) is 0.383. The summed E-state index contributed by atoms with van der Waals surface area (Å²) in [5.41, 5.74) is 0. The van der Waals surface area contributed by atoms with Gasteiger partial charge in [0.2, 0.25) is 12.1 Å². The van der Waals surface area contributed by atoms with Crippen molar-refractivity contribution in [3.05, 3.63) is 16.4 Å². The van der Waals surface area contributed by atoms with Crippen molar-refractivity contribution in [1.29, 1.82) is 0 Å². The topological polar surface area (TPSA) is 73.0 Å². The Balaban J connectivity index is 2.61. The highest BCUT2D eigenvalue weighted by Gasteiger charge is 2.20. The summed E-state index contributed by atoms with van der Waals surface area (Å²) in [7, 11) is 1.75. The van der Waals surface area contributed by atoms with E-state index in [0.29, 0.717) is 5.82 Å². The normalized spacial score (nSPS) is 12.4. The molecule has 1 N–H and O–H groups in total. The van der Waals surface area contributed by atoms with E-state index in [9.17, 15) is 10.1 Å². The zero-order valence-electron chi connectivity index (χ0n) is 10.6. The number of nitro groups is 1. The molecule has 1 aromatic heterocycles. The van der Waals surface area contributed by atoms with Gasteiger partial charge in [-0.1, -0.05) is 26.2 Å². The van der Waals surface area contributed by atoms with Gasteiger partial charge in [-0.05, 0) is 23.3 Å². The van der Waals surface area contributed by atoms with Gasteiger partial charge in [-0.3, -0.25) is 4.57 Å². The fourth-order valence-electron chi connectivity index (χ4n) is 1.72. The molecular formula is C11H20N4O2. The minimum atomic E-state index is -0.457. The molecule has 0 fully saturated rings. The van der Waals surface area contributed by atoms with Gasteiger partial charge < -0.3 is 15.4 Å². The first-order valence-corrected chi connectivity index (χ1v) is 5.98. The molecule has 1 unspecified atom stereocenters. The van der Waals surface area contributed by atoms with Crippen LogP contribution in [0.4, 0.5) is 11.6 Å². The number of nitrogens with zero attached hydrogens (tertiary/aromatic N) is 3. The first-order chi connectivity index (χ1) is 8.06. The van der Waals surface area contributed by atoms with Gasteiger partial charge in [0.15, 0.2) is 0 Å². The summed E-state index contributed by atoms with van der Waals surface area (Å²) in [6.07, 6.45) is 5.98. The van der Waals surface area contributed by atoms with Gasteiger partial charge >= 0.3 is 5.82 Å². The fraction of sp³-hybridized carbons (Fsp3) is 0.727. The summed E-state index contributed by atoms with van der Waals surface area (Å²) in [6.45, 7) is 4.19. The molecule has 0 bridgehead atoms. The van der Waals surface area contributed by atoms with Crippen molar-refractivity contribution in [2.75, 3.05) is 5.32 Å². The van der Waals surface area contributed by atoms with Crippen LogP contribution in [0.1, 0.15) is 39.5 Å². The van der Waals surface area contributed by atoms with Crippen molar-refractivity contribution >= 4 is 11.6 Å². The Bertz CT molecular complexity index is 376. The van der Waals surface area contributed by atoms with Crippen LogP contribution in [0.2, 0.25) is 0 Å². The predicted molar refractivity (Wildman–Crippen MR) is 67.1 cm³/mol. The highest BCUT2D eigenvalue weighted by molar-refractivity contribution is 5.52. The maximum Gasteiger partial charge on any atom is 0.406 e. The molecule has 0 amide bonds. The van der Waals surface area contributed by atoms with E-state index in [1.807, 2.05) is 6.92 Å². The van der Waals surface area contributed by atoms with Crippen molar-refractivity contribution < 1.29 is 4.92 Å². The van der Waals surface area contributed by atoms with Gasteiger partial charge in [0, 0.05) is 13.1 Å². The summed E-state index contributed by atoms with van der Waals surface area (Å²) < 4.78 is 1.65. The number of aromatic nitrogens is 2. The largest absolute Gasteiger partial charge is 0.406 e. The Labute approximate surface area is 101 Å². The third kappa shape index (κ3) is 3.72. The standard InChI is InChI=1S/C11H20N4O2/c1-4-5-6-7-9(2)13-11-10(15(16)17)12-8-14(11)3/h8-9,13H,4-7H2,1-3H3. The zero-order valence-corrected chi connectivity index (χ0v) is 10.6. The summed E-state index contributed by atoms with van der Waals surface area (Å²) in [4.78, 5) is 14.1. The lowest BCUT2D eigenvalue weighted by atomic mass is 10.1. The zero-order chi connectivity index (χ0) is 12.8. The number of hydrogen-bond donors (Lipinski definition) is 1. The molecule has 1 aromatic rings. The third-order valence-corrected chi connectivity index (χ3v) is 2.71. The van der Waals surface area contributed by atoms with Crippen molar-refractivity contribution in [3.63, 3.8) is 0 Å². The second-order valence-electron chi connectivity index (χ2n) is 4.33. The number of aryl methyl sites for hydroxylation is 1. The highest BCUT2D eigenvalue weighted by atomic mass is 16.6. The SMILES string of the molecule is CCCCCC(C)Nc1c([N+](=O)[O-])ncn1C. The van der Waals surface area contributed by atoms with Gasteiger partial charge in [0.05, 0.1) is 0 Å². The molecule has 96 valence electrons. The van der Waals surface area contributed by atoms with E-state index in [2.05, 4.69) is 17.2 Å². The van der Waals surface area contributed by atoms with E-state index < -0.39 is 4.92 Å². The second kappa shape index (κ2) is 6.22. The number of rotatable bonds is 7. The van der Waals surface area contributed by atoms with E-state index in [0.717, 1.165) is 12.8 Å². The van der Waals surface area contributed by atoms with Crippen LogP contribution in [-0.2, 0) is 7.05 Å². The average Bonchev–Trinajstić information content (AvgIpc) is 2.61. The molecule has 1 rings (SSSR count). The van der Waals surface area contributed by atoms with Crippen molar-refractivity contribution in [2.24, 2.45) is 7.05 Å². The quantitative estimate of drug-likeness (QED) is 0.452. The Morgan fingerprint density at radius 3 is 2.88 bits per heavy atom. The van der Waals surface area contributed by atoms with Crippen LogP contribution in [0.5, 0.6) is 0 Å². The first-order valence-electron chi connectivity index (χ1n) is 5.98. The van der Waals surface area contributed by atoms with Crippen LogP contribution in [0.15, 0.2) is 6.33 Å². The summed E-state index contributed by atoms with van der Waals surface area (Å²) >= 11 is 0. The molecule has 6 nitrogen and oxygen atoms in total. The molecule has 0 saturated heterocycles. The Kier molecular flexibility index (Phi) is 4.93. The van der Waals surface area contributed by atoms with Crippen molar-refractivity contribution in [2.45, 2.75) is 45.6 Å². The third-order valence-electron chi connectivity index (χ3n) is 2.71. The summed E-state index contributed by atoms with van der Waals surface area (Å²) in [6, 6.07) is 0.218. The monoisotopic (exact) mass is 240 g/mol. The van der Waals surface area contributed by atoms with Gasteiger partial charge in [-0.15, -0.1) is 0 Å². The minimum Gasteiger partial charge on any atom is -0.362 e. The number of hydrogen-bond acceptors (Lipinski definition) is 4. The van der Waals surface area contributed by atoms with Crippen LogP contribution >= 0.6 is 0 Å². The molecule has 1 atom stereocenters. The van der Waals surface area contributed by atoms with Gasteiger partial charge in [-0.25, -0.2) is 0 Å². The number of nitrogens with one attached hydrogen (secondary N) is 1.